The average Bonchev–Trinajstić information content (AvgIpc) is 3.20. The lowest BCUT2D eigenvalue weighted by Crippen LogP contribution is -2.28. The first-order valence-corrected chi connectivity index (χ1v) is 11.6. The van der Waals surface area contributed by atoms with Crippen molar-refractivity contribution in [1.29, 1.82) is 0 Å². The van der Waals surface area contributed by atoms with Crippen molar-refractivity contribution >= 4 is 23.2 Å². The van der Waals surface area contributed by atoms with Gasteiger partial charge in [-0.1, -0.05) is 90.7 Å². The van der Waals surface area contributed by atoms with E-state index in [-0.39, 0.29) is 17.4 Å². The molecule has 6 nitrogen and oxygen atoms in total. The molecule has 2 heterocycles. The van der Waals surface area contributed by atoms with Crippen LogP contribution in [0.5, 0.6) is 0 Å². The van der Waals surface area contributed by atoms with Gasteiger partial charge in [0.25, 0.3) is 0 Å². The number of hydrogen-bond donors (Lipinski definition) is 2. The van der Waals surface area contributed by atoms with Gasteiger partial charge in [-0.3, -0.25) is 9.89 Å². The molecule has 1 amide bonds. The number of amides is 1. The molecule has 2 aromatic heterocycles. The van der Waals surface area contributed by atoms with E-state index < -0.39 is 0 Å². The van der Waals surface area contributed by atoms with Gasteiger partial charge in [-0.05, 0) is 13.3 Å². The van der Waals surface area contributed by atoms with E-state index in [9.17, 15) is 4.79 Å². The number of carbonyl (C=O) groups excluding carboxylic acids is 1. The molecule has 164 valence electrons. The van der Waals surface area contributed by atoms with E-state index in [1.807, 2.05) is 6.92 Å². The lowest BCUT2D eigenvalue weighted by Gasteiger charge is -2.16. The molecule has 0 aliphatic heterocycles. The number of carbonyl (C=O) groups is 1. The van der Waals surface area contributed by atoms with E-state index in [0.717, 1.165) is 18.5 Å². The second-order valence-corrected chi connectivity index (χ2v) is 9.51. The van der Waals surface area contributed by atoms with Gasteiger partial charge in [-0.2, -0.15) is 0 Å². The van der Waals surface area contributed by atoms with Crippen LogP contribution in [0.15, 0.2) is 0 Å². The second-order valence-electron chi connectivity index (χ2n) is 9.14. The molecule has 1 unspecified atom stereocenters. The van der Waals surface area contributed by atoms with Crippen LogP contribution < -0.4 is 5.32 Å². The summed E-state index contributed by atoms with van der Waals surface area (Å²) in [5.41, 5.74) is 1.39. The molecule has 0 bridgehead atoms. The van der Waals surface area contributed by atoms with Crippen LogP contribution in [0.1, 0.15) is 116 Å². The van der Waals surface area contributed by atoms with E-state index in [1.165, 1.54) is 44.9 Å². The van der Waals surface area contributed by atoms with Crippen molar-refractivity contribution in [3.8, 4) is 0 Å². The smallest absolute Gasteiger partial charge is 0.220 e. The van der Waals surface area contributed by atoms with Crippen LogP contribution in [-0.2, 0) is 10.2 Å². The topological polar surface area (TPSA) is 75.1 Å². The van der Waals surface area contributed by atoms with E-state index in [2.05, 4.69) is 48.3 Å². The third-order valence-corrected chi connectivity index (χ3v) is 5.71. The van der Waals surface area contributed by atoms with Gasteiger partial charge in [0.05, 0.1) is 11.7 Å². The first-order chi connectivity index (χ1) is 13.8. The lowest BCUT2D eigenvalue weighted by molar-refractivity contribution is -0.121. The number of unbranched alkanes of at least 4 members (excludes halogenated alkanes) is 8. The Morgan fingerprint density at radius 2 is 1.66 bits per heavy atom. The molecule has 0 aromatic carbocycles. The molecule has 2 rings (SSSR count). The number of H-pyrrole nitrogens is 1. The molecule has 0 aliphatic carbocycles. The van der Waals surface area contributed by atoms with Crippen LogP contribution in [-0.4, -0.2) is 25.7 Å². The fraction of sp³-hybridized carbons (Fsp3) is 0.773. The number of fused-ring (bicyclic) bond motifs is 1. The largest absolute Gasteiger partial charge is 0.346 e. The summed E-state index contributed by atoms with van der Waals surface area (Å²) in [4.78, 5) is 12.3. The number of aromatic nitrogens is 4. The summed E-state index contributed by atoms with van der Waals surface area (Å²) < 4.78 is 1.78. The van der Waals surface area contributed by atoms with Gasteiger partial charge in [-0.25, -0.2) is 4.52 Å². The van der Waals surface area contributed by atoms with Crippen molar-refractivity contribution in [2.24, 2.45) is 0 Å². The molecular weight excluding hydrogens is 386 g/mol. The number of rotatable bonds is 12. The number of hydrogen-bond acceptors (Lipinski definition) is 3. The van der Waals surface area contributed by atoms with Gasteiger partial charge in [0.2, 0.25) is 5.91 Å². The van der Waals surface area contributed by atoms with E-state index in [0.29, 0.717) is 22.9 Å². The zero-order valence-electron chi connectivity index (χ0n) is 18.8. The van der Waals surface area contributed by atoms with Crippen molar-refractivity contribution in [1.82, 2.24) is 25.1 Å². The van der Waals surface area contributed by atoms with Gasteiger partial charge < -0.3 is 5.32 Å². The first-order valence-electron chi connectivity index (χ1n) is 11.2. The highest BCUT2D eigenvalue weighted by Gasteiger charge is 2.26. The Labute approximate surface area is 180 Å². The molecule has 0 fully saturated rings. The molecule has 0 aliphatic rings. The molecule has 1 atom stereocenters. The Hall–Kier alpha value is -1.56. The molecular formula is C22H38ClN5O. The summed E-state index contributed by atoms with van der Waals surface area (Å²) in [5, 5.41) is 15.4. The van der Waals surface area contributed by atoms with Crippen LogP contribution in [0.25, 0.3) is 5.65 Å². The first kappa shape index (κ1) is 23.7. The van der Waals surface area contributed by atoms with Crippen LogP contribution in [0.4, 0.5) is 0 Å². The molecule has 7 heteroatoms. The highest BCUT2D eigenvalue weighted by molar-refractivity contribution is 6.34. The Morgan fingerprint density at radius 3 is 2.24 bits per heavy atom. The van der Waals surface area contributed by atoms with Crippen LogP contribution in [0.3, 0.4) is 0 Å². The lowest BCUT2D eigenvalue weighted by atomic mass is 9.92. The maximum atomic E-state index is 12.3. The second kappa shape index (κ2) is 11.0. The normalized spacial score (nSPS) is 13.2. The number of nitrogens with one attached hydrogen (secondary N) is 2. The number of nitrogens with zero attached hydrogens (tertiary/aromatic N) is 3. The van der Waals surface area contributed by atoms with Crippen LogP contribution in [0, 0.1) is 0 Å². The summed E-state index contributed by atoms with van der Waals surface area (Å²) in [7, 11) is 0. The zero-order chi connectivity index (χ0) is 21.4. The Morgan fingerprint density at radius 1 is 1.07 bits per heavy atom. The maximum absolute atomic E-state index is 12.3. The fourth-order valence-electron chi connectivity index (χ4n) is 3.57. The summed E-state index contributed by atoms with van der Waals surface area (Å²) in [6.45, 7) is 10.4. The zero-order valence-corrected chi connectivity index (χ0v) is 19.5. The minimum atomic E-state index is -0.237. The third-order valence-electron chi connectivity index (χ3n) is 5.35. The highest BCUT2D eigenvalue weighted by atomic mass is 35.5. The fourth-order valence-corrected chi connectivity index (χ4v) is 4.02. The summed E-state index contributed by atoms with van der Waals surface area (Å²) >= 11 is 6.47. The average molecular weight is 424 g/mol. The highest BCUT2D eigenvalue weighted by Crippen LogP contribution is 2.31. The SMILES string of the molecule is CCCCCCCCCCCC(=O)NC(C)c1nnc2c(Cl)c(C(C)(C)C)[nH]n12. The Kier molecular flexibility index (Phi) is 9.00. The van der Waals surface area contributed by atoms with Crippen LogP contribution in [0.2, 0.25) is 5.02 Å². The third kappa shape index (κ3) is 6.73. The summed E-state index contributed by atoms with van der Waals surface area (Å²) in [6, 6.07) is -0.237. The van der Waals surface area contributed by atoms with Gasteiger partial charge in [-0.15, -0.1) is 10.2 Å². The minimum absolute atomic E-state index is 0.0610. The predicted molar refractivity (Wildman–Crippen MR) is 119 cm³/mol. The number of halogens is 1. The molecule has 0 saturated carbocycles. The van der Waals surface area contributed by atoms with Gasteiger partial charge in [0.15, 0.2) is 11.5 Å². The predicted octanol–water partition coefficient (Wildman–Crippen LogP) is 6.11. The molecule has 0 saturated heterocycles. The van der Waals surface area contributed by atoms with Gasteiger partial charge in [0, 0.05) is 11.8 Å². The minimum Gasteiger partial charge on any atom is -0.346 e. The van der Waals surface area contributed by atoms with Crippen molar-refractivity contribution in [3.63, 3.8) is 0 Å². The van der Waals surface area contributed by atoms with Crippen molar-refractivity contribution in [3.05, 3.63) is 16.5 Å². The number of aromatic amines is 1. The van der Waals surface area contributed by atoms with Gasteiger partial charge in [0.1, 0.15) is 5.02 Å². The van der Waals surface area contributed by atoms with Crippen molar-refractivity contribution in [2.45, 2.75) is 110 Å². The van der Waals surface area contributed by atoms with E-state index in [4.69, 9.17) is 11.6 Å². The molecule has 0 radical (unpaired) electrons. The Bertz CT molecular complexity index is 774. The Balaban J connectivity index is 1.77. The monoisotopic (exact) mass is 423 g/mol. The summed E-state index contributed by atoms with van der Waals surface area (Å²) in [6.07, 6.45) is 11.8. The molecule has 2 aromatic rings. The molecule has 29 heavy (non-hydrogen) atoms. The molecule has 0 spiro atoms. The quantitative estimate of drug-likeness (QED) is 0.404. The van der Waals surface area contributed by atoms with Crippen LogP contribution >= 0.6 is 11.6 Å². The summed E-state index contributed by atoms with van der Waals surface area (Å²) in [5.74, 6) is 0.726. The van der Waals surface area contributed by atoms with Gasteiger partial charge >= 0.3 is 0 Å². The van der Waals surface area contributed by atoms with E-state index in [1.54, 1.807) is 4.52 Å². The van der Waals surface area contributed by atoms with E-state index >= 15 is 0 Å². The molecule has 2 N–H and O–H groups in total. The van der Waals surface area contributed by atoms with Crippen molar-refractivity contribution in [2.75, 3.05) is 0 Å². The van der Waals surface area contributed by atoms with Crippen molar-refractivity contribution < 1.29 is 4.79 Å². The standard InChI is InChI=1S/C22H38ClN5O/c1-6-7-8-9-10-11-12-13-14-15-17(29)24-16(2)20-25-26-21-18(23)19(22(3,4)5)27-28(20)21/h16,27H,6-15H2,1-5H3,(H,24,29). The maximum Gasteiger partial charge on any atom is 0.220 e.